The number of rotatable bonds is 6. The molecule has 0 aromatic carbocycles. The van der Waals surface area contributed by atoms with Crippen molar-refractivity contribution in [3.63, 3.8) is 0 Å². The summed E-state index contributed by atoms with van der Waals surface area (Å²) in [6.45, 7) is 2.80. The molecule has 1 radical (unpaired) electrons. The van der Waals surface area contributed by atoms with Crippen molar-refractivity contribution in [2.75, 3.05) is 33.1 Å². The predicted molar refractivity (Wildman–Crippen MR) is 53.5 cm³/mol. The van der Waals surface area contributed by atoms with Crippen molar-refractivity contribution in [1.82, 2.24) is 4.90 Å². The number of ether oxygens (including phenoxy) is 2. The van der Waals surface area contributed by atoms with Gasteiger partial charge < -0.3 is 14.6 Å². The minimum atomic E-state index is -1.26. The number of hydrogen-bond acceptors (Lipinski definition) is 4. The van der Waals surface area contributed by atoms with E-state index in [0.29, 0.717) is 6.61 Å². The van der Waals surface area contributed by atoms with E-state index in [0.717, 1.165) is 25.9 Å². The molecule has 1 heterocycles. The van der Waals surface area contributed by atoms with Gasteiger partial charge in [-0.15, -0.1) is 0 Å². The summed E-state index contributed by atoms with van der Waals surface area (Å²) in [5, 5.41) is 20.1. The number of aliphatic hydroxyl groups is 1. The van der Waals surface area contributed by atoms with E-state index in [1.54, 1.807) is 0 Å². The van der Waals surface area contributed by atoms with Crippen molar-refractivity contribution >= 4 is 0 Å². The zero-order valence-electron chi connectivity index (χ0n) is 9.28. The van der Waals surface area contributed by atoms with Gasteiger partial charge >= 0.3 is 0 Å². The number of aliphatic hydroxyl groups excluding tert-OH is 1. The van der Waals surface area contributed by atoms with Gasteiger partial charge in [-0.2, -0.15) is 0 Å². The van der Waals surface area contributed by atoms with Crippen molar-refractivity contribution in [3.8, 4) is 0 Å². The van der Waals surface area contributed by atoms with Crippen molar-refractivity contribution in [3.05, 3.63) is 0 Å². The van der Waals surface area contributed by atoms with Gasteiger partial charge in [0.15, 0.2) is 6.61 Å². The van der Waals surface area contributed by atoms with Crippen LogP contribution in [0.3, 0.4) is 0 Å². The van der Waals surface area contributed by atoms with E-state index in [1.165, 1.54) is 6.42 Å². The first kappa shape index (κ1) is 12.9. The molecular weight excluding hydrogens is 198 g/mol. The number of nitrogens with zero attached hydrogens (tertiary/aromatic N) is 1. The van der Waals surface area contributed by atoms with Crippen LogP contribution in [0.25, 0.3) is 0 Å². The van der Waals surface area contributed by atoms with E-state index in [1.807, 2.05) is 11.8 Å². The molecule has 1 rings (SSSR count). The monoisotopic (exact) mass is 218 g/mol. The van der Waals surface area contributed by atoms with E-state index in [4.69, 9.17) is 14.6 Å². The quantitative estimate of drug-likeness (QED) is 0.662. The summed E-state index contributed by atoms with van der Waals surface area (Å²) in [4.78, 5) is 1.89. The molecule has 1 saturated heterocycles. The van der Waals surface area contributed by atoms with Gasteiger partial charge in [0, 0.05) is 19.7 Å². The molecule has 1 aliphatic heterocycles. The molecule has 1 atom stereocenters. The SMILES string of the molecule is CCOC(C[O])(OCO)N1CCCCC1. The third-order valence-electron chi connectivity index (χ3n) is 2.68. The number of likely N-dealkylation sites (tertiary alicyclic amines) is 1. The Morgan fingerprint density at radius 3 is 2.40 bits per heavy atom. The third kappa shape index (κ3) is 3.12. The van der Waals surface area contributed by atoms with Gasteiger partial charge in [-0.25, -0.2) is 5.11 Å². The molecule has 15 heavy (non-hydrogen) atoms. The first-order chi connectivity index (χ1) is 7.29. The predicted octanol–water partition coefficient (Wildman–Crippen LogP) is 0.559. The lowest BCUT2D eigenvalue weighted by Gasteiger charge is -2.42. The fourth-order valence-corrected chi connectivity index (χ4v) is 1.96. The third-order valence-corrected chi connectivity index (χ3v) is 2.68. The lowest BCUT2D eigenvalue weighted by Crippen LogP contribution is -2.57. The summed E-state index contributed by atoms with van der Waals surface area (Å²) in [6, 6.07) is 0. The van der Waals surface area contributed by atoms with Crippen LogP contribution >= 0.6 is 0 Å². The van der Waals surface area contributed by atoms with Crippen LogP contribution in [0.2, 0.25) is 0 Å². The highest BCUT2D eigenvalue weighted by Gasteiger charge is 2.39. The molecule has 0 aromatic rings. The molecular formula is C10H20NO4. The van der Waals surface area contributed by atoms with Crippen molar-refractivity contribution in [2.24, 2.45) is 0 Å². The number of hydrogen-bond donors (Lipinski definition) is 1. The van der Waals surface area contributed by atoms with Crippen molar-refractivity contribution in [1.29, 1.82) is 0 Å². The van der Waals surface area contributed by atoms with Crippen LogP contribution in [0.1, 0.15) is 26.2 Å². The molecule has 0 spiro atoms. The van der Waals surface area contributed by atoms with Crippen molar-refractivity contribution < 1.29 is 19.7 Å². The molecule has 1 N–H and O–H groups in total. The molecule has 0 saturated carbocycles. The van der Waals surface area contributed by atoms with Crippen LogP contribution in [-0.4, -0.2) is 49.0 Å². The maximum absolute atomic E-state index is 11.2. The van der Waals surface area contributed by atoms with Crippen LogP contribution in [0.15, 0.2) is 0 Å². The standard InChI is InChI=1S/C10H20NO4/c1-2-14-10(8-12,15-9-13)11-6-4-3-5-7-11/h13H,2-9H2,1H3. The fraction of sp³-hybridized carbons (Fsp3) is 1.00. The molecule has 1 unspecified atom stereocenters. The van der Waals surface area contributed by atoms with Crippen LogP contribution in [0.4, 0.5) is 0 Å². The highest BCUT2D eigenvalue weighted by molar-refractivity contribution is 4.75. The van der Waals surface area contributed by atoms with Gasteiger partial charge in [0.25, 0.3) is 5.91 Å². The van der Waals surface area contributed by atoms with Crippen LogP contribution in [0.5, 0.6) is 0 Å². The van der Waals surface area contributed by atoms with Gasteiger partial charge in [0.05, 0.1) is 0 Å². The Balaban J connectivity index is 2.66. The second kappa shape index (κ2) is 6.40. The van der Waals surface area contributed by atoms with E-state index < -0.39 is 19.3 Å². The Hall–Kier alpha value is -0.200. The lowest BCUT2D eigenvalue weighted by atomic mass is 10.1. The summed E-state index contributed by atoms with van der Waals surface area (Å²) in [7, 11) is 0. The normalized spacial score (nSPS) is 22.6. The van der Waals surface area contributed by atoms with Gasteiger partial charge in [-0.3, -0.25) is 4.90 Å². The largest absolute Gasteiger partial charge is 0.370 e. The van der Waals surface area contributed by atoms with Crippen LogP contribution < -0.4 is 0 Å². The van der Waals surface area contributed by atoms with Crippen LogP contribution in [0, 0.1) is 0 Å². The molecule has 0 aliphatic carbocycles. The number of piperidine rings is 1. The average Bonchev–Trinajstić information content (AvgIpc) is 2.30. The average molecular weight is 218 g/mol. The first-order valence-corrected chi connectivity index (χ1v) is 5.51. The lowest BCUT2D eigenvalue weighted by molar-refractivity contribution is -0.355. The smallest absolute Gasteiger partial charge is 0.259 e. The minimum absolute atomic E-state index is 0.402. The molecule has 5 nitrogen and oxygen atoms in total. The maximum Gasteiger partial charge on any atom is 0.259 e. The molecule has 1 aliphatic rings. The maximum atomic E-state index is 11.2. The molecule has 1 fully saturated rings. The summed E-state index contributed by atoms with van der Waals surface area (Å²) in [6.07, 6.45) is 3.27. The molecule has 5 heteroatoms. The van der Waals surface area contributed by atoms with Gasteiger partial charge in [0.1, 0.15) is 6.79 Å². The minimum Gasteiger partial charge on any atom is -0.370 e. The Bertz CT molecular complexity index is 165. The summed E-state index contributed by atoms with van der Waals surface area (Å²) in [5.41, 5.74) is 0. The second-order valence-corrected chi connectivity index (χ2v) is 3.61. The van der Waals surface area contributed by atoms with E-state index in [2.05, 4.69) is 0 Å². The van der Waals surface area contributed by atoms with E-state index >= 15 is 0 Å². The van der Waals surface area contributed by atoms with E-state index in [9.17, 15) is 5.11 Å². The van der Waals surface area contributed by atoms with Crippen molar-refractivity contribution in [2.45, 2.75) is 32.1 Å². The second-order valence-electron chi connectivity index (χ2n) is 3.61. The van der Waals surface area contributed by atoms with Gasteiger partial charge in [-0.1, -0.05) is 6.42 Å². The molecule has 89 valence electrons. The van der Waals surface area contributed by atoms with Gasteiger partial charge in [-0.05, 0) is 19.8 Å². The zero-order valence-corrected chi connectivity index (χ0v) is 9.28. The Morgan fingerprint density at radius 2 is 1.93 bits per heavy atom. The van der Waals surface area contributed by atoms with Gasteiger partial charge in [0.2, 0.25) is 0 Å². The first-order valence-electron chi connectivity index (χ1n) is 5.51. The summed E-state index contributed by atoms with van der Waals surface area (Å²) < 4.78 is 10.5. The highest BCUT2D eigenvalue weighted by atomic mass is 16.8. The summed E-state index contributed by atoms with van der Waals surface area (Å²) in [5.74, 6) is -1.26. The fourth-order valence-electron chi connectivity index (χ4n) is 1.96. The molecule has 0 aromatic heterocycles. The summed E-state index contributed by atoms with van der Waals surface area (Å²) >= 11 is 0. The molecule has 0 amide bonds. The highest BCUT2D eigenvalue weighted by Crippen LogP contribution is 2.23. The Morgan fingerprint density at radius 1 is 1.27 bits per heavy atom. The van der Waals surface area contributed by atoms with Crippen LogP contribution in [-0.2, 0) is 14.6 Å². The Kier molecular flexibility index (Phi) is 5.49. The van der Waals surface area contributed by atoms with E-state index in [-0.39, 0.29) is 0 Å². The molecule has 0 bridgehead atoms. The zero-order chi connectivity index (χ0) is 11.1. The topological polar surface area (TPSA) is 61.8 Å². The Labute approximate surface area is 90.6 Å².